The summed E-state index contributed by atoms with van der Waals surface area (Å²) in [6, 6.07) is 8.37. The minimum atomic E-state index is -1.09. The van der Waals surface area contributed by atoms with E-state index in [1.807, 2.05) is 37.3 Å². The summed E-state index contributed by atoms with van der Waals surface area (Å²) in [6.45, 7) is 2.47. The molecule has 3 atom stereocenters. The van der Waals surface area contributed by atoms with Crippen molar-refractivity contribution in [1.29, 1.82) is 0 Å². The molecule has 2 rings (SSSR count). The van der Waals surface area contributed by atoms with Crippen molar-refractivity contribution in [2.24, 2.45) is 0 Å². The van der Waals surface area contributed by atoms with Gasteiger partial charge in [-0.1, -0.05) is 37.3 Å². The SMILES string of the molecule is CC(CNC(=O)N1C[C@H](O)C[C@@H]1C(=O)O)c1ccccc1. The molecule has 114 valence electrons. The molecule has 2 amide bonds. The van der Waals surface area contributed by atoms with Gasteiger partial charge in [-0.05, 0) is 11.5 Å². The molecule has 1 saturated heterocycles. The first-order chi connectivity index (χ1) is 9.99. The van der Waals surface area contributed by atoms with Gasteiger partial charge in [-0.25, -0.2) is 9.59 Å². The van der Waals surface area contributed by atoms with Crippen LogP contribution in [0.15, 0.2) is 30.3 Å². The van der Waals surface area contributed by atoms with Crippen LogP contribution in [0.1, 0.15) is 24.8 Å². The first kappa shape index (κ1) is 15.3. The Kier molecular flexibility index (Phi) is 4.80. The number of amides is 2. The second-order valence-electron chi connectivity index (χ2n) is 5.39. The van der Waals surface area contributed by atoms with Gasteiger partial charge < -0.3 is 20.4 Å². The molecule has 3 N–H and O–H groups in total. The number of β-amino-alcohol motifs (C(OH)–C–C–N with tert-alkyl or cyclic N) is 1. The molecule has 0 aromatic heterocycles. The summed E-state index contributed by atoms with van der Waals surface area (Å²) >= 11 is 0. The van der Waals surface area contributed by atoms with Crippen LogP contribution in [0.2, 0.25) is 0 Å². The highest BCUT2D eigenvalue weighted by Gasteiger charge is 2.38. The number of nitrogens with zero attached hydrogens (tertiary/aromatic N) is 1. The number of hydrogen-bond donors (Lipinski definition) is 3. The van der Waals surface area contributed by atoms with Crippen LogP contribution in [0, 0.1) is 0 Å². The highest BCUT2D eigenvalue weighted by atomic mass is 16.4. The van der Waals surface area contributed by atoms with Crippen molar-refractivity contribution < 1.29 is 19.8 Å². The van der Waals surface area contributed by atoms with Gasteiger partial charge in [-0.15, -0.1) is 0 Å². The van der Waals surface area contributed by atoms with Crippen molar-refractivity contribution in [2.45, 2.75) is 31.4 Å². The van der Waals surface area contributed by atoms with Gasteiger partial charge in [0.1, 0.15) is 6.04 Å². The van der Waals surface area contributed by atoms with E-state index in [4.69, 9.17) is 5.11 Å². The molecule has 1 aliphatic rings. The number of nitrogens with one attached hydrogen (secondary N) is 1. The Hall–Kier alpha value is -2.08. The number of aliphatic hydroxyl groups excluding tert-OH is 1. The number of aliphatic carboxylic acids is 1. The molecule has 0 radical (unpaired) electrons. The number of likely N-dealkylation sites (tertiary alicyclic amines) is 1. The van der Waals surface area contributed by atoms with Gasteiger partial charge >= 0.3 is 12.0 Å². The Balaban J connectivity index is 1.91. The summed E-state index contributed by atoms with van der Waals surface area (Å²) in [6.07, 6.45) is -0.694. The molecule has 0 bridgehead atoms. The largest absolute Gasteiger partial charge is 0.480 e. The maximum atomic E-state index is 12.1. The predicted molar refractivity (Wildman–Crippen MR) is 77.0 cm³/mol. The molecule has 21 heavy (non-hydrogen) atoms. The maximum Gasteiger partial charge on any atom is 0.326 e. The Bertz CT molecular complexity index is 506. The molecular weight excluding hydrogens is 272 g/mol. The normalized spacial score (nSPS) is 22.9. The van der Waals surface area contributed by atoms with Crippen molar-refractivity contribution in [1.82, 2.24) is 10.2 Å². The Labute approximate surface area is 123 Å². The van der Waals surface area contributed by atoms with E-state index in [1.54, 1.807) is 0 Å². The number of urea groups is 1. The zero-order chi connectivity index (χ0) is 15.4. The van der Waals surface area contributed by atoms with Crippen molar-refractivity contribution >= 4 is 12.0 Å². The van der Waals surface area contributed by atoms with Crippen LogP contribution in [0.5, 0.6) is 0 Å². The highest BCUT2D eigenvalue weighted by Crippen LogP contribution is 2.19. The third-order valence-corrected chi connectivity index (χ3v) is 3.75. The second-order valence-corrected chi connectivity index (χ2v) is 5.39. The van der Waals surface area contributed by atoms with Gasteiger partial charge in [0.15, 0.2) is 0 Å². The van der Waals surface area contributed by atoms with Gasteiger partial charge in [0.25, 0.3) is 0 Å². The maximum absolute atomic E-state index is 12.1. The van der Waals surface area contributed by atoms with Crippen molar-refractivity contribution in [3.63, 3.8) is 0 Å². The minimum Gasteiger partial charge on any atom is -0.480 e. The predicted octanol–water partition coefficient (Wildman–Crippen LogP) is 1.02. The molecule has 0 aliphatic carbocycles. The summed E-state index contributed by atoms with van der Waals surface area (Å²) in [5.74, 6) is -0.955. The number of hydrogen-bond acceptors (Lipinski definition) is 3. The standard InChI is InChI=1S/C15H20N2O4/c1-10(11-5-3-2-4-6-11)8-16-15(21)17-9-12(18)7-13(17)14(19)20/h2-6,10,12-13,18H,7-9H2,1H3,(H,16,21)(H,19,20)/t10?,12-,13-/m1/s1. The molecule has 1 aromatic rings. The van der Waals surface area contributed by atoms with E-state index < -0.39 is 24.1 Å². The Morgan fingerprint density at radius 1 is 1.38 bits per heavy atom. The lowest BCUT2D eigenvalue weighted by Gasteiger charge is -2.23. The van der Waals surface area contributed by atoms with E-state index >= 15 is 0 Å². The van der Waals surface area contributed by atoms with E-state index in [0.717, 1.165) is 5.56 Å². The summed E-state index contributed by atoms with van der Waals surface area (Å²) in [4.78, 5) is 24.4. The molecular formula is C15H20N2O4. The fourth-order valence-electron chi connectivity index (χ4n) is 2.51. The number of rotatable bonds is 4. The van der Waals surface area contributed by atoms with Crippen LogP contribution in [-0.4, -0.2) is 52.3 Å². The van der Waals surface area contributed by atoms with E-state index in [1.165, 1.54) is 4.90 Å². The lowest BCUT2D eigenvalue weighted by molar-refractivity contribution is -0.141. The smallest absolute Gasteiger partial charge is 0.326 e. The average Bonchev–Trinajstić information content (AvgIpc) is 2.87. The lowest BCUT2D eigenvalue weighted by Crippen LogP contribution is -2.46. The fourth-order valence-corrected chi connectivity index (χ4v) is 2.51. The molecule has 1 heterocycles. The van der Waals surface area contributed by atoms with Crippen LogP contribution in [0.25, 0.3) is 0 Å². The zero-order valence-corrected chi connectivity index (χ0v) is 11.9. The van der Waals surface area contributed by atoms with E-state index in [-0.39, 0.29) is 18.9 Å². The third-order valence-electron chi connectivity index (χ3n) is 3.75. The van der Waals surface area contributed by atoms with Gasteiger partial charge in [0.2, 0.25) is 0 Å². The summed E-state index contributed by atoms with van der Waals surface area (Å²) in [5.41, 5.74) is 1.11. The molecule has 1 aromatic carbocycles. The van der Waals surface area contributed by atoms with E-state index in [9.17, 15) is 14.7 Å². The van der Waals surface area contributed by atoms with Crippen molar-refractivity contribution in [2.75, 3.05) is 13.1 Å². The monoisotopic (exact) mass is 292 g/mol. The Morgan fingerprint density at radius 3 is 2.67 bits per heavy atom. The summed E-state index contributed by atoms with van der Waals surface area (Å²) in [5, 5.41) is 21.4. The third kappa shape index (κ3) is 3.72. The number of carboxylic acid groups (broad SMARTS) is 1. The highest BCUT2D eigenvalue weighted by molar-refractivity contribution is 5.83. The molecule has 0 saturated carbocycles. The quantitative estimate of drug-likeness (QED) is 0.773. The number of carbonyl (C=O) groups excluding carboxylic acids is 1. The average molecular weight is 292 g/mol. The summed E-state index contributed by atoms with van der Waals surface area (Å²) in [7, 11) is 0. The molecule has 6 heteroatoms. The molecule has 1 aliphatic heterocycles. The van der Waals surface area contributed by atoms with Crippen LogP contribution in [-0.2, 0) is 4.79 Å². The van der Waals surface area contributed by atoms with E-state index in [2.05, 4.69) is 5.32 Å². The van der Waals surface area contributed by atoms with Crippen LogP contribution < -0.4 is 5.32 Å². The van der Waals surface area contributed by atoms with Crippen LogP contribution >= 0.6 is 0 Å². The van der Waals surface area contributed by atoms with Gasteiger partial charge in [0.05, 0.1) is 6.10 Å². The Morgan fingerprint density at radius 2 is 2.05 bits per heavy atom. The first-order valence-corrected chi connectivity index (χ1v) is 6.99. The van der Waals surface area contributed by atoms with E-state index in [0.29, 0.717) is 6.54 Å². The number of benzene rings is 1. The lowest BCUT2D eigenvalue weighted by atomic mass is 10.0. The van der Waals surface area contributed by atoms with Gasteiger partial charge in [0, 0.05) is 19.5 Å². The molecule has 0 spiro atoms. The topological polar surface area (TPSA) is 89.9 Å². The van der Waals surface area contributed by atoms with Crippen molar-refractivity contribution in [3.05, 3.63) is 35.9 Å². The number of aliphatic hydroxyl groups is 1. The van der Waals surface area contributed by atoms with Crippen LogP contribution in [0.3, 0.4) is 0 Å². The molecule has 1 unspecified atom stereocenters. The summed E-state index contributed by atoms with van der Waals surface area (Å²) < 4.78 is 0. The fraction of sp³-hybridized carbons (Fsp3) is 0.467. The number of carbonyl (C=O) groups is 2. The van der Waals surface area contributed by atoms with Crippen LogP contribution in [0.4, 0.5) is 4.79 Å². The number of carboxylic acids is 1. The zero-order valence-electron chi connectivity index (χ0n) is 11.9. The molecule has 6 nitrogen and oxygen atoms in total. The first-order valence-electron chi connectivity index (χ1n) is 6.99. The van der Waals surface area contributed by atoms with Gasteiger partial charge in [-0.2, -0.15) is 0 Å². The van der Waals surface area contributed by atoms with Gasteiger partial charge in [-0.3, -0.25) is 0 Å². The molecule has 1 fully saturated rings. The minimum absolute atomic E-state index is 0.0581. The van der Waals surface area contributed by atoms with Crippen molar-refractivity contribution in [3.8, 4) is 0 Å². The second kappa shape index (κ2) is 6.58.